The van der Waals surface area contributed by atoms with Crippen LogP contribution in [0.4, 0.5) is 8.78 Å². The van der Waals surface area contributed by atoms with Gasteiger partial charge in [-0.1, -0.05) is 0 Å². The molecule has 1 fully saturated rings. The highest BCUT2D eigenvalue weighted by Gasteiger charge is 2.33. The number of hydrogen-bond acceptors (Lipinski definition) is 4. The molecule has 0 radical (unpaired) electrons. The van der Waals surface area contributed by atoms with Crippen LogP contribution in [0.1, 0.15) is 12.8 Å². The molecule has 0 aromatic carbocycles. The van der Waals surface area contributed by atoms with E-state index in [1.54, 1.807) is 0 Å². The molecule has 1 aliphatic heterocycles. The minimum Gasteiger partial charge on any atom is -0.330 e. The van der Waals surface area contributed by atoms with Crippen molar-refractivity contribution >= 4 is 10.0 Å². The Kier molecular flexibility index (Phi) is 5.71. The molecule has 1 rings (SSSR count). The van der Waals surface area contributed by atoms with E-state index >= 15 is 0 Å². The predicted molar refractivity (Wildman–Crippen MR) is 61.2 cm³/mol. The zero-order valence-corrected chi connectivity index (χ0v) is 10.5. The van der Waals surface area contributed by atoms with Crippen LogP contribution >= 0.6 is 0 Å². The van der Waals surface area contributed by atoms with Crippen molar-refractivity contribution in [2.24, 2.45) is 5.73 Å². The van der Waals surface area contributed by atoms with E-state index in [4.69, 9.17) is 5.73 Å². The molecule has 17 heavy (non-hydrogen) atoms. The molecule has 102 valence electrons. The molecule has 1 heterocycles. The molecule has 0 aliphatic carbocycles. The molecular formula is C9H19F2N3O2S. The minimum absolute atomic E-state index is 0.148. The average Bonchev–Trinajstić information content (AvgIpc) is 2.30. The van der Waals surface area contributed by atoms with Crippen LogP contribution in [0.2, 0.25) is 0 Å². The second-order valence-corrected chi connectivity index (χ2v) is 5.94. The van der Waals surface area contributed by atoms with Gasteiger partial charge in [0.2, 0.25) is 0 Å². The molecule has 0 unspecified atom stereocenters. The van der Waals surface area contributed by atoms with E-state index in [1.807, 2.05) is 0 Å². The van der Waals surface area contributed by atoms with Crippen molar-refractivity contribution in [2.75, 3.05) is 39.3 Å². The minimum atomic E-state index is -4.40. The van der Waals surface area contributed by atoms with Gasteiger partial charge in [-0.3, -0.25) is 0 Å². The van der Waals surface area contributed by atoms with Gasteiger partial charge in [-0.25, -0.2) is 8.42 Å². The third-order valence-corrected chi connectivity index (χ3v) is 4.38. The van der Waals surface area contributed by atoms with Crippen molar-refractivity contribution in [3.63, 3.8) is 0 Å². The summed E-state index contributed by atoms with van der Waals surface area (Å²) < 4.78 is 47.8. The quantitative estimate of drug-likeness (QED) is 0.685. The summed E-state index contributed by atoms with van der Waals surface area (Å²) in [6.07, 6.45) is 1.88. The SMILES string of the molecule is NCCCCN1CCN(S(=O)(=O)C(F)F)CC1. The molecule has 8 heteroatoms. The third kappa shape index (κ3) is 4.13. The zero-order valence-electron chi connectivity index (χ0n) is 9.69. The standard InChI is InChI=1S/C9H19F2N3O2S/c10-9(11)17(15,16)14-7-5-13(6-8-14)4-2-1-3-12/h9H,1-8,12H2. The molecule has 0 bridgehead atoms. The number of halogens is 2. The molecular weight excluding hydrogens is 252 g/mol. The van der Waals surface area contributed by atoms with Gasteiger partial charge in [0.05, 0.1) is 0 Å². The number of sulfonamides is 1. The summed E-state index contributed by atoms with van der Waals surface area (Å²) in [5.74, 6) is -3.31. The summed E-state index contributed by atoms with van der Waals surface area (Å²) >= 11 is 0. The number of rotatable bonds is 6. The van der Waals surface area contributed by atoms with Gasteiger partial charge in [-0.05, 0) is 25.9 Å². The first kappa shape index (κ1) is 14.7. The molecule has 5 nitrogen and oxygen atoms in total. The lowest BCUT2D eigenvalue weighted by Crippen LogP contribution is -2.50. The molecule has 0 spiro atoms. The summed E-state index contributed by atoms with van der Waals surface area (Å²) in [6, 6.07) is 0. The Morgan fingerprint density at radius 1 is 1.12 bits per heavy atom. The van der Waals surface area contributed by atoms with E-state index in [1.165, 1.54) is 0 Å². The van der Waals surface area contributed by atoms with Crippen LogP contribution in [0, 0.1) is 0 Å². The van der Waals surface area contributed by atoms with E-state index in [2.05, 4.69) is 4.90 Å². The molecule has 0 atom stereocenters. The smallest absolute Gasteiger partial charge is 0.330 e. The summed E-state index contributed by atoms with van der Waals surface area (Å²) in [7, 11) is -4.40. The summed E-state index contributed by atoms with van der Waals surface area (Å²) in [6.45, 7) is 2.80. The van der Waals surface area contributed by atoms with Gasteiger partial charge in [-0.2, -0.15) is 13.1 Å². The van der Waals surface area contributed by atoms with Crippen LogP contribution in [0.15, 0.2) is 0 Å². The highest BCUT2D eigenvalue weighted by molar-refractivity contribution is 7.89. The van der Waals surface area contributed by atoms with E-state index in [0.717, 1.165) is 23.7 Å². The summed E-state index contributed by atoms with van der Waals surface area (Å²) in [4.78, 5) is 2.08. The number of nitrogens with zero attached hydrogens (tertiary/aromatic N) is 2. The number of hydrogen-bond donors (Lipinski definition) is 1. The van der Waals surface area contributed by atoms with Crippen molar-refractivity contribution in [1.29, 1.82) is 0 Å². The lowest BCUT2D eigenvalue weighted by Gasteiger charge is -2.33. The fourth-order valence-corrected chi connectivity index (χ4v) is 2.70. The molecule has 0 saturated carbocycles. The third-order valence-electron chi connectivity index (χ3n) is 2.84. The van der Waals surface area contributed by atoms with Crippen LogP contribution in [0.25, 0.3) is 0 Å². The van der Waals surface area contributed by atoms with Gasteiger partial charge in [0.25, 0.3) is 10.0 Å². The Morgan fingerprint density at radius 2 is 1.71 bits per heavy atom. The lowest BCUT2D eigenvalue weighted by molar-refractivity contribution is 0.168. The summed E-state index contributed by atoms with van der Waals surface area (Å²) in [5.41, 5.74) is 5.37. The Bertz CT molecular complexity index is 316. The van der Waals surface area contributed by atoms with Crippen LogP contribution in [-0.4, -0.2) is 62.6 Å². The van der Waals surface area contributed by atoms with E-state index in [0.29, 0.717) is 19.6 Å². The lowest BCUT2D eigenvalue weighted by atomic mass is 10.2. The number of alkyl halides is 2. The topological polar surface area (TPSA) is 66.6 Å². The fraction of sp³-hybridized carbons (Fsp3) is 1.00. The Balaban J connectivity index is 2.36. The van der Waals surface area contributed by atoms with E-state index in [9.17, 15) is 17.2 Å². The van der Waals surface area contributed by atoms with Gasteiger partial charge < -0.3 is 10.6 Å². The van der Waals surface area contributed by atoms with Gasteiger partial charge in [0.15, 0.2) is 0 Å². The first-order valence-electron chi connectivity index (χ1n) is 5.68. The van der Waals surface area contributed by atoms with Crippen molar-refractivity contribution < 1.29 is 17.2 Å². The first-order chi connectivity index (χ1) is 7.98. The van der Waals surface area contributed by atoms with Crippen LogP contribution in [-0.2, 0) is 10.0 Å². The Morgan fingerprint density at radius 3 is 2.18 bits per heavy atom. The number of piperazine rings is 1. The molecule has 1 aliphatic rings. The Hall–Kier alpha value is -0.310. The van der Waals surface area contributed by atoms with Crippen molar-refractivity contribution in [1.82, 2.24) is 9.21 Å². The number of unbranched alkanes of at least 4 members (excludes halogenated alkanes) is 1. The second kappa shape index (κ2) is 6.58. The van der Waals surface area contributed by atoms with E-state index < -0.39 is 15.8 Å². The van der Waals surface area contributed by atoms with Crippen molar-refractivity contribution in [3.8, 4) is 0 Å². The van der Waals surface area contributed by atoms with Gasteiger partial charge in [0.1, 0.15) is 0 Å². The molecule has 0 amide bonds. The van der Waals surface area contributed by atoms with Crippen LogP contribution in [0.5, 0.6) is 0 Å². The molecule has 1 saturated heterocycles. The maximum Gasteiger partial charge on any atom is 0.350 e. The van der Waals surface area contributed by atoms with Gasteiger partial charge in [0, 0.05) is 26.2 Å². The van der Waals surface area contributed by atoms with Crippen LogP contribution < -0.4 is 5.73 Å². The maximum atomic E-state index is 12.3. The first-order valence-corrected chi connectivity index (χ1v) is 7.18. The fourth-order valence-electron chi connectivity index (χ4n) is 1.80. The Labute approximate surface area is 101 Å². The van der Waals surface area contributed by atoms with Gasteiger partial charge in [-0.15, -0.1) is 0 Å². The van der Waals surface area contributed by atoms with Crippen molar-refractivity contribution in [2.45, 2.75) is 18.6 Å². The molecule has 2 N–H and O–H groups in total. The molecule has 0 aromatic heterocycles. The zero-order chi connectivity index (χ0) is 12.9. The normalized spacial score (nSPS) is 20.0. The monoisotopic (exact) mass is 271 g/mol. The van der Waals surface area contributed by atoms with E-state index in [-0.39, 0.29) is 13.1 Å². The highest BCUT2D eigenvalue weighted by Crippen LogP contribution is 2.14. The second-order valence-electron chi connectivity index (χ2n) is 4.04. The predicted octanol–water partition coefficient (Wildman–Crippen LogP) is -0.105. The largest absolute Gasteiger partial charge is 0.350 e. The average molecular weight is 271 g/mol. The molecule has 0 aromatic rings. The maximum absolute atomic E-state index is 12.3. The highest BCUT2D eigenvalue weighted by atomic mass is 32.2. The van der Waals surface area contributed by atoms with Gasteiger partial charge >= 0.3 is 5.76 Å². The van der Waals surface area contributed by atoms with Crippen LogP contribution in [0.3, 0.4) is 0 Å². The number of nitrogens with two attached hydrogens (primary N) is 1. The summed E-state index contributed by atoms with van der Waals surface area (Å²) in [5, 5.41) is 0. The van der Waals surface area contributed by atoms with Crippen molar-refractivity contribution in [3.05, 3.63) is 0 Å².